The van der Waals surface area contributed by atoms with Crippen LogP contribution < -0.4 is 10.8 Å². The molecule has 0 atom stereocenters. The Morgan fingerprint density at radius 2 is 2.00 bits per heavy atom. The van der Waals surface area contributed by atoms with Crippen molar-refractivity contribution in [2.24, 2.45) is 0 Å². The van der Waals surface area contributed by atoms with Crippen LogP contribution in [0.25, 0.3) is 10.9 Å². The van der Waals surface area contributed by atoms with E-state index in [1.165, 1.54) is 7.11 Å². The molecular weight excluding hydrogens is 271 g/mol. The number of ether oxygens (including phenoxy) is 1. The maximum absolute atomic E-state index is 11.5. The monoisotopic (exact) mass is 288 g/mol. The van der Waals surface area contributed by atoms with Crippen LogP contribution in [-0.2, 0) is 14.0 Å². The van der Waals surface area contributed by atoms with Crippen LogP contribution in [0.2, 0.25) is 0 Å². The van der Waals surface area contributed by atoms with Crippen molar-refractivity contribution in [3.05, 3.63) is 30.0 Å². The van der Waals surface area contributed by atoms with Crippen LogP contribution in [-0.4, -0.2) is 51.5 Å². The Morgan fingerprint density at radius 3 is 2.71 bits per heavy atom. The summed E-state index contributed by atoms with van der Waals surface area (Å²) in [5.41, 5.74) is 2.26. The smallest absolute Gasteiger partial charge is 0.464 e. The van der Waals surface area contributed by atoms with Crippen molar-refractivity contribution in [2.75, 3.05) is 33.4 Å². The lowest BCUT2D eigenvalue weighted by Gasteiger charge is -2.18. The normalized spacial score (nSPS) is 16.5. The fourth-order valence-corrected chi connectivity index (χ4v) is 2.36. The van der Waals surface area contributed by atoms with E-state index in [1.807, 2.05) is 18.2 Å². The number of rotatable bonds is 2. The van der Waals surface area contributed by atoms with Gasteiger partial charge in [0, 0.05) is 31.8 Å². The number of carbonyl (C=O) groups excluding carboxylic acids is 1. The molecule has 1 saturated heterocycles. The van der Waals surface area contributed by atoms with Gasteiger partial charge in [0.25, 0.3) is 0 Å². The summed E-state index contributed by atoms with van der Waals surface area (Å²) in [5.74, 6) is -0.378. The Bertz CT molecular complexity index is 635. The fourth-order valence-electron chi connectivity index (χ4n) is 2.36. The van der Waals surface area contributed by atoms with Crippen molar-refractivity contribution in [2.45, 2.75) is 0 Å². The summed E-state index contributed by atoms with van der Waals surface area (Å²) in [6, 6.07) is 7.60. The second-order valence-corrected chi connectivity index (χ2v) is 4.84. The summed E-state index contributed by atoms with van der Waals surface area (Å²) in [7, 11) is 0.997. The number of nitrogens with one attached hydrogen (secondary N) is 2. The molecule has 0 aliphatic carbocycles. The molecule has 2 N–H and O–H groups in total. The van der Waals surface area contributed by atoms with Crippen molar-refractivity contribution in [1.29, 1.82) is 0 Å². The van der Waals surface area contributed by atoms with Crippen molar-refractivity contribution >= 4 is 29.5 Å². The van der Waals surface area contributed by atoms with Gasteiger partial charge in [0.2, 0.25) is 0 Å². The zero-order valence-corrected chi connectivity index (χ0v) is 11.8. The van der Waals surface area contributed by atoms with E-state index in [0.29, 0.717) is 18.9 Å². The number of methoxy groups -OCH3 is 1. The molecule has 3 rings (SSSR count). The van der Waals surface area contributed by atoms with Gasteiger partial charge >= 0.3 is 13.1 Å². The summed E-state index contributed by atoms with van der Waals surface area (Å²) >= 11 is 0. The first-order chi connectivity index (χ1) is 10.3. The van der Waals surface area contributed by atoms with Crippen molar-refractivity contribution in [3.63, 3.8) is 0 Å². The highest BCUT2D eigenvalue weighted by Gasteiger charge is 2.23. The SMILES string of the molecule is COC(=O)c1cc2cc(B3OCCNCCO3)ccc2[nH]1. The van der Waals surface area contributed by atoms with Crippen molar-refractivity contribution in [1.82, 2.24) is 10.3 Å². The number of carbonyl (C=O) groups is 1. The van der Waals surface area contributed by atoms with Crippen LogP contribution in [0.4, 0.5) is 0 Å². The lowest BCUT2D eigenvalue weighted by Crippen LogP contribution is -2.43. The molecule has 21 heavy (non-hydrogen) atoms. The number of aromatic nitrogens is 1. The minimum Gasteiger partial charge on any atom is -0.464 e. The third-order valence-corrected chi connectivity index (χ3v) is 3.42. The number of fused-ring (bicyclic) bond motifs is 1. The fraction of sp³-hybridized carbons (Fsp3) is 0.357. The van der Waals surface area contributed by atoms with E-state index < -0.39 is 0 Å². The van der Waals surface area contributed by atoms with E-state index in [2.05, 4.69) is 10.3 Å². The zero-order chi connectivity index (χ0) is 14.7. The molecule has 0 saturated carbocycles. The number of esters is 1. The van der Waals surface area contributed by atoms with Gasteiger partial charge in [-0.05, 0) is 23.0 Å². The number of H-pyrrole nitrogens is 1. The van der Waals surface area contributed by atoms with Gasteiger partial charge in [-0.1, -0.05) is 12.1 Å². The van der Waals surface area contributed by atoms with Gasteiger partial charge in [-0.15, -0.1) is 0 Å². The topological polar surface area (TPSA) is 72.6 Å². The molecule has 1 aliphatic rings. The Kier molecular flexibility index (Phi) is 4.24. The third-order valence-electron chi connectivity index (χ3n) is 3.42. The predicted octanol–water partition coefficient (Wildman–Crippen LogP) is 0.286. The first kappa shape index (κ1) is 14.1. The maximum atomic E-state index is 11.5. The molecule has 7 heteroatoms. The molecule has 0 bridgehead atoms. The molecule has 0 amide bonds. The lowest BCUT2D eigenvalue weighted by molar-refractivity contribution is 0.0595. The van der Waals surface area contributed by atoms with Crippen LogP contribution >= 0.6 is 0 Å². The molecule has 2 aromatic rings. The second-order valence-electron chi connectivity index (χ2n) is 4.84. The van der Waals surface area contributed by atoms with Gasteiger partial charge in [-0.2, -0.15) is 0 Å². The van der Waals surface area contributed by atoms with Gasteiger partial charge in [-0.3, -0.25) is 0 Å². The third kappa shape index (κ3) is 3.10. The molecule has 1 aromatic heterocycles. The van der Waals surface area contributed by atoms with Gasteiger partial charge in [0.15, 0.2) is 0 Å². The lowest BCUT2D eigenvalue weighted by atomic mass is 9.78. The highest BCUT2D eigenvalue weighted by molar-refractivity contribution is 6.61. The van der Waals surface area contributed by atoms with Crippen LogP contribution in [0.5, 0.6) is 0 Å². The molecule has 0 radical (unpaired) electrons. The molecular formula is C14H17BN2O4. The Balaban J connectivity index is 1.87. The number of hydrogen-bond donors (Lipinski definition) is 2. The van der Waals surface area contributed by atoms with E-state index in [4.69, 9.17) is 14.0 Å². The Hall–Kier alpha value is -1.83. The summed E-state index contributed by atoms with van der Waals surface area (Å²) in [5, 5.41) is 4.14. The van der Waals surface area contributed by atoms with Crippen LogP contribution in [0, 0.1) is 0 Å². The average Bonchev–Trinajstić information content (AvgIpc) is 2.89. The van der Waals surface area contributed by atoms with Crippen molar-refractivity contribution in [3.8, 4) is 0 Å². The molecule has 2 heterocycles. The van der Waals surface area contributed by atoms with Gasteiger partial charge in [0.05, 0.1) is 7.11 Å². The number of aromatic amines is 1. The molecule has 6 nitrogen and oxygen atoms in total. The minimum absolute atomic E-state index is 0.368. The first-order valence-electron chi connectivity index (χ1n) is 6.93. The molecule has 1 aliphatic heterocycles. The molecule has 0 unspecified atom stereocenters. The van der Waals surface area contributed by atoms with E-state index in [1.54, 1.807) is 6.07 Å². The number of hydrogen-bond acceptors (Lipinski definition) is 5. The van der Waals surface area contributed by atoms with E-state index in [0.717, 1.165) is 29.5 Å². The Morgan fingerprint density at radius 1 is 1.24 bits per heavy atom. The van der Waals surface area contributed by atoms with Crippen LogP contribution in [0.15, 0.2) is 24.3 Å². The van der Waals surface area contributed by atoms with Crippen LogP contribution in [0.3, 0.4) is 0 Å². The molecule has 110 valence electrons. The summed E-state index contributed by atoms with van der Waals surface area (Å²) in [6.07, 6.45) is 0. The van der Waals surface area contributed by atoms with Gasteiger partial charge < -0.3 is 24.3 Å². The zero-order valence-electron chi connectivity index (χ0n) is 11.8. The van der Waals surface area contributed by atoms with E-state index in [9.17, 15) is 4.79 Å². The summed E-state index contributed by atoms with van der Waals surface area (Å²) in [6.45, 7) is 2.84. The van der Waals surface area contributed by atoms with Crippen molar-refractivity contribution < 1.29 is 18.8 Å². The molecule has 1 fully saturated rings. The van der Waals surface area contributed by atoms with E-state index in [-0.39, 0.29) is 13.1 Å². The highest BCUT2D eigenvalue weighted by atomic mass is 16.6. The Labute approximate surface area is 122 Å². The standard InChI is InChI=1S/C14H17BN2O4/c1-19-14(18)13-9-10-8-11(2-3-12(10)17-13)15-20-6-4-16-5-7-21-15/h2-3,8-9,16-17H,4-7H2,1H3. The summed E-state index contributed by atoms with van der Waals surface area (Å²) in [4.78, 5) is 14.6. The molecule has 0 spiro atoms. The summed E-state index contributed by atoms with van der Waals surface area (Å²) < 4.78 is 16.1. The van der Waals surface area contributed by atoms with Gasteiger partial charge in [0.1, 0.15) is 5.69 Å². The highest BCUT2D eigenvalue weighted by Crippen LogP contribution is 2.15. The van der Waals surface area contributed by atoms with Crippen LogP contribution in [0.1, 0.15) is 10.5 Å². The largest absolute Gasteiger partial charge is 0.493 e. The molecule has 1 aromatic carbocycles. The van der Waals surface area contributed by atoms with E-state index >= 15 is 0 Å². The quantitative estimate of drug-likeness (QED) is 0.613. The first-order valence-corrected chi connectivity index (χ1v) is 6.93. The average molecular weight is 288 g/mol. The maximum Gasteiger partial charge on any atom is 0.493 e. The van der Waals surface area contributed by atoms with Gasteiger partial charge in [-0.25, -0.2) is 4.79 Å². The second kappa shape index (κ2) is 6.30. The number of benzene rings is 1. The predicted molar refractivity (Wildman–Crippen MR) is 79.8 cm³/mol. The minimum atomic E-state index is -0.378.